The number of nitrogens with zero attached hydrogens (tertiary/aromatic N) is 2. The van der Waals surface area contributed by atoms with Crippen molar-refractivity contribution in [1.82, 2.24) is 9.88 Å². The van der Waals surface area contributed by atoms with Crippen LogP contribution in [0, 0.1) is 11.8 Å². The van der Waals surface area contributed by atoms with Gasteiger partial charge >= 0.3 is 0 Å². The van der Waals surface area contributed by atoms with Crippen LogP contribution >= 0.6 is 0 Å². The first-order valence-corrected chi connectivity index (χ1v) is 12.4. The molecule has 2 aromatic rings. The predicted molar refractivity (Wildman–Crippen MR) is 126 cm³/mol. The Bertz CT molecular complexity index is 1040. The molecule has 2 aliphatic carbocycles. The molecule has 6 rings (SSSR count). The molecule has 4 aliphatic rings. The minimum Gasteiger partial charge on any atom is -0.393 e. The van der Waals surface area contributed by atoms with E-state index in [4.69, 9.17) is 15.5 Å². The van der Waals surface area contributed by atoms with Crippen molar-refractivity contribution < 1.29 is 14.6 Å². The van der Waals surface area contributed by atoms with Gasteiger partial charge in [-0.2, -0.15) is 0 Å². The van der Waals surface area contributed by atoms with Crippen LogP contribution in [0.2, 0.25) is 0 Å². The van der Waals surface area contributed by atoms with Crippen molar-refractivity contribution in [2.24, 2.45) is 17.6 Å². The largest absolute Gasteiger partial charge is 0.393 e. The number of fused-ring (bicyclic) bond motifs is 1. The molecule has 0 radical (unpaired) electrons. The van der Waals surface area contributed by atoms with E-state index in [2.05, 4.69) is 29.2 Å². The smallest absolute Gasteiger partial charge is 0.250 e. The van der Waals surface area contributed by atoms with Gasteiger partial charge in [-0.05, 0) is 55.2 Å². The van der Waals surface area contributed by atoms with Crippen molar-refractivity contribution in [2.45, 2.75) is 49.5 Å². The minimum absolute atomic E-state index is 0.190. The van der Waals surface area contributed by atoms with Gasteiger partial charge in [0.15, 0.2) is 0 Å². The number of amides is 1. The summed E-state index contributed by atoms with van der Waals surface area (Å²) in [6.45, 7) is 5.39. The predicted octanol–water partition coefficient (Wildman–Crippen LogP) is 3.09. The van der Waals surface area contributed by atoms with Crippen LogP contribution in [0.1, 0.15) is 59.6 Å². The molecule has 1 aromatic carbocycles. The molecule has 2 aliphatic heterocycles. The molecule has 2 unspecified atom stereocenters. The van der Waals surface area contributed by atoms with E-state index in [-0.39, 0.29) is 12.0 Å². The second-order valence-electron chi connectivity index (χ2n) is 10.8. The average molecular weight is 448 g/mol. The fraction of sp³-hybridized carbons (Fsp3) is 0.556. The number of benzene rings is 1. The van der Waals surface area contributed by atoms with Crippen LogP contribution in [0.15, 0.2) is 36.5 Å². The van der Waals surface area contributed by atoms with E-state index in [1.165, 1.54) is 25.1 Å². The van der Waals surface area contributed by atoms with Crippen molar-refractivity contribution in [3.63, 3.8) is 0 Å². The Labute approximate surface area is 195 Å². The van der Waals surface area contributed by atoms with E-state index >= 15 is 0 Å². The quantitative estimate of drug-likeness (QED) is 0.710. The number of rotatable bonds is 6. The number of aliphatic hydroxyl groups is 1. The fourth-order valence-electron chi connectivity index (χ4n) is 6.43. The lowest BCUT2D eigenvalue weighted by atomic mass is 9.83. The molecule has 3 N–H and O–H groups in total. The van der Waals surface area contributed by atoms with Crippen LogP contribution in [0.25, 0.3) is 11.1 Å². The van der Waals surface area contributed by atoms with Crippen molar-refractivity contribution in [3.8, 4) is 11.1 Å². The number of carbonyl (C=O) groups is 1. The second kappa shape index (κ2) is 8.19. The number of aromatic nitrogens is 1. The third-order valence-electron chi connectivity index (χ3n) is 8.50. The van der Waals surface area contributed by atoms with Crippen molar-refractivity contribution >= 4 is 5.91 Å². The Morgan fingerprint density at radius 2 is 1.91 bits per heavy atom. The molecule has 1 amide bonds. The Morgan fingerprint density at radius 1 is 1.15 bits per heavy atom. The third kappa shape index (κ3) is 3.88. The lowest BCUT2D eigenvalue weighted by molar-refractivity contribution is -0.0452. The van der Waals surface area contributed by atoms with E-state index in [9.17, 15) is 9.90 Å². The summed E-state index contributed by atoms with van der Waals surface area (Å²) in [6, 6.07) is 10.8. The molecule has 2 saturated heterocycles. The summed E-state index contributed by atoms with van der Waals surface area (Å²) in [7, 11) is 0. The van der Waals surface area contributed by atoms with Gasteiger partial charge in [-0.15, -0.1) is 0 Å². The number of ether oxygens (including phenoxy) is 1. The number of aliphatic hydroxyl groups excluding tert-OH is 1. The van der Waals surface area contributed by atoms with Crippen LogP contribution < -0.4 is 5.73 Å². The number of primary amides is 1. The van der Waals surface area contributed by atoms with Crippen LogP contribution in [-0.2, 0) is 10.2 Å². The number of likely N-dealkylation sites (tertiary alicyclic amines) is 1. The molecular weight excluding hydrogens is 414 g/mol. The first-order valence-electron chi connectivity index (χ1n) is 12.4. The standard InChI is InChI=1S/C27H33N3O3/c28-26(32)24-9-20(11-29-25(24)19-3-7-23(31)8-4-19)18-1-5-21(6-2-18)27-10-22(27)13-30(16-27)12-17-14-33-15-17/h1-2,5-6,9,11,17,19,22-23,31H,3-4,7-8,10,12-16H2,(H2,28,32). The van der Waals surface area contributed by atoms with Gasteiger partial charge in [0, 0.05) is 48.6 Å². The highest BCUT2D eigenvalue weighted by atomic mass is 16.5. The molecule has 4 fully saturated rings. The van der Waals surface area contributed by atoms with E-state index in [0.29, 0.717) is 11.0 Å². The molecular formula is C27H33N3O3. The van der Waals surface area contributed by atoms with Crippen LogP contribution in [0.4, 0.5) is 0 Å². The first kappa shape index (κ1) is 21.3. The SMILES string of the molecule is NC(=O)c1cc(-c2ccc(C34CC3CN(CC3COC3)C4)cc2)cnc1C1CCC(O)CC1. The number of nitrogens with two attached hydrogens (primary N) is 1. The molecule has 174 valence electrons. The lowest BCUT2D eigenvalue weighted by Gasteiger charge is -2.31. The summed E-state index contributed by atoms with van der Waals surface area (Å²) in [5.41, 5.74) is 10.8. The summed E-state index contributed by atoms with van der Waals surface area (Å²) in [5.74, 6) is 1.26. The summed E-state index contributed by atoms with van der Waals surface area (Å²) < 4.78 is 5.35. The Hall–Kier alpha value is -2.28. The highest BCUT2D eigenvalue weighted by Crippen LogP contribution is 2.59. The summed E-state index contributed by atoms with van der Waals surface area (Å²) in [6.07, 6.45) is 6.12. The molecule has 33 heavy (non-hydrogen) atoms. The molecule has 0 spiro atoms. The maximum absolute atomic E-state index is 12.2. The summed E-state index contributed by atoms with van der Waals surface area (Å²) in [5, 5.41) is 9.81. The fourth-order valence-corrected chi connectivity index (χ4v) is 6.43. The number of hydrogen-bond acceptors (Lipinski definition) is 5. The van der Waals surface area contributed by atoms with Crippen molar-refractivity contribution in [2.75, 3.05) is 32.8 Å². The molecule has 6 heteroatoms. The number of hydrogen-bond donors (Lipinski definition) is 2. The van der Waals surface area contributed by atoms with Crippen molar-refractivity contribution in [1.29, 1.82) is 0 Å². The van der Waals surface area contributed by atoms with Gasteiger partial charge in [-0.3, -0.25) is 9.78 Å². The maximum atomic E-state index is 12.2. The highest BCUT2D eigenvalue weighted by Gasteiger charge is 2.60. The molecule has 6 nitrogen and oxygen atoms in total. The monoisotopic (exact) mass is 447 g/mol. The number of carbonyl (C=O) groups excluding carboxylic acids is 1. The van der Waals surface area contributed by atoms with Gasteiger partial charge in [0.1, 0.15) is 0 Å². The van der Waals surface area contributed by atoms with Crippen LogP contribution in [0.5, 0.6) is 0 Å². The van der Waals surface area contributed by atoms with Crippen LogP contribution in [-0.4, -0.2) is 59.8 Å². The average Bonchev–Trinajstić information content (AvgIpc) is 3.38. The second-order valence-corrected chi connectivity index (χ2v) is 10.8. The zero-order valence-corrected chi connectivity index (χ0v) is 19.1. The Morgan fingerprint density at radius 3 is 2.58 bits per heavy atom. The molecule has 0 bridgehead atoms. The van der Waals surface area contributed by atoms with Gasteiger partial charge in [0.05, 0.1) is 30.6 Å². The first-order chi connectivity index (χ1) is 16.0. The number of piperidine rings is 1. The minimum atomic E-state index is -0.426. The van der Waals surface area contributed by atoms with E-state index in [1.807, 2.05) is 12.3 Å². The normalized spacial score (nSPS) is 31.7. The topological polar surface area (TPSA) is 88.7 Å². The maximum Gasteiger partial charge on any atom is 0.250 e. The van der Waals surface area contributed by atoms with E-state index in [0.717, 1.165) is 74.1 Å². The van der Waals surface area contributed by atoms with Crippen molar-refractivity contribution in [3.05, 3.63) is 53.3 Å². The molecule has 2 saturated carbocycles. The van der Waals surface area contributed by atoms with Crippen LogP contribution in [0.3, 0.4) is 0 Å². The summed E-state index contributed by atoms with van der Waals surface area (Å²) >= 11 is 0. The van der Waals surface area contributed by atoms with Gasteiger partial charge in [0.25, 0.3) is 5.91 Å². The molecule has 2 atom stereocenters. The lowest BCUT2D eigenvalue weighted by Crippen LogP contribution is -2.40. The van der Waals surface area contributed by atoms with E-state index < -0.39 is 5.91 Å². The number of pyridine rings is 1. The van der Waals surface area contributed by atoms with Gasteiger partial charge in [-0.25, -0.2) is 0 Å². The van der Waals surface area contributed by atoms with Gasteiger partial charge in [-0.1, -0.05) is 24.3 Å². The zero-order chi connectivity index (χ0) is 22.6. The zero-order valence-electron chi connectivity index (χ0n) is 19.1. The van der Waals surface area contributed by atoms with E-state index in [1.54, 1.807) is 0 Å². The Kier molecular flexibility index (Phi) is 5.28. The molecule has 1 aromatic heterocycles. The van der Waals surface area contributed by atoms with Gasteiger partial charge < -0.3 is 20.5 Å². The highest BCUT2D eigenvalue weighted by molar-refractivity contribution is 5.95. The Balaban J connectivity index is 1.19. The third-order valence-corrected chi connectivity index (χ3v) is 8.50. The molecule has 3 heterocycles. The van der Waals surface area contributed by atoms with Gasteiger partial charge in [0.2, 0.25) is 0 Å². The summed E-state index contributed by atoms with van der Waals surface area (Å²) in [4.78, 5) is 19.6.